The molecule has 0 fully saturated rings. The number of hydrogen-bond donors (Lipinski definition) is 0. The van der Waals surface area contributed by atoms with E-state index in [0.717, 1.165) is 50.0 Å². The van der Waals surface area contributed by atoms with Gasteiger partial charge < -0.3 is 18.1 Å². The van der Waals surface area contributed by atoms with Crippen molar-refractivity contribution in [2.75, 3.05) is 0 Å². The third kappa shape index (κ3) is 3.38. The van der Waals surface area contributed by atoms with E-state index >= 15 is 0 Å². The van der Waals surface area contributed by atoms with Crippen molar-refractivity contribution in [3.8, 4) is 17.1 Å². The molecule has 0 unspecified atom stereocenters. The van der Waals surface area contributed by atoms with Gasteiger partial charge >= 0.3 is 0 Å². The lowest BCUT2D eigenvalue weighted by atomic mass is 10.2. The Morgan fingerprint density at radius 1 is 0.312 bits per heavy atom. The molecule has 0 bridgehead atoms. The number of fused-ring (bicyclic) bond motifs is 11. The molecular weight excluding hydrogens is 587 g/mol. The average Bonchev–Trinajstić information content (AvgIpc) is 3.87. The summed E-state index contributed by atoms with van der Waals surface area (Å²) in [5.41, 5.74) is 12.0. The molecule has 0 N–H and O–H groups in total. The van der Waals surface area contributed by atoms with Crippen LogP contribution in [-0.2, 0) is 0 Å². The fourth-order valence-electron chi connectivity index (χ4n) is 8.02. The van der Waals surface area contributed by atoms with Crippen LogP contribution in [0.2, 0.25) is 0 Å². The molecule has 4 heterocycles. The van der Waals surface area contributed by atoms with Crippen LogP contribution < -0.4 is 0 Å². The second kappa shape index (κ2) is 9.50. The minimum atomic E-state index is 0.873. The first-order chi connectivity index (χ1) is 23.8. The highest BCUT2D eigenvalue weighted by Crippen LogP contribution is 2.42. The zero-order valence-electron chi connectivity index (χ0n) is 25.8. The third-order valence-electron chi connectivity index (χ3n) is 10.0. The quantitative estimate of drug-likeness (QED) is 0.195. The first kappa shape index (κ1) is 25.6. The van der Waals surface area contributed by atoms with Gasteiger partial charge in [0.05, 0.1) is 27.6 Å². The zero-order valence-corrected chi connectivity index (χ0v) is 25.8. The van der Waals surface area contributed by atoms with Crippen LogP contribution in [0.3, 0.4) is 0 Å². The van der Waals surface area contributed by atoms with Crippen molar-refractivity contribution in [3.05, 3.63) is 164 Å². The van der Waals surface area contributed by atoms with E-state index in [4.69, 9.17) is 4.42 Å². The zero-order chi connectivity index (χ0) is 31.3. The van der Waals surface area contributed by atoms with E-state index in [1.54, 1.807) is 0 Å². The van der Waals surface area contributed by atoms with Gasteiger partial charge in [0.2, 0.25) is 0 Å². The molecule has 11 aromatic rings. The van der Waals surface area contributed by atoms with E-state index in [9.17, 15) is 0 Å². The van der Waals surface area contributed by atoms with Gasteiger partial charge in [-0.1, -0.05) is 91.0 Å². The summed E-state index contributed by atoms with van der Waals surface area (Å²) in [5.74, 6) is 0. The van der Waals surface area contributed by atoms with Gasteiger partial charge in [0.1, 0.15) is 11.1 Å². The Morgan fingerprint density at radius 2 is 0.771 bits per heavy atom. The van der Waals surface area contributed by atoms with Gasteiger partial charge in [0.25, 0.3) is 0 Å². The average molecular weight is 614 g/mol. The SMILES string of the molecule is c1ccc(-n2c3cc(-n4c5ccccc5c5ccccc54)ccc3c3oc4cc(-n5c6ccccc6c6ccccc65)ccc4c32)cc1. The Bertz CT molecular complexity index is 2950. The largest absolute Gasteiger partial charge is 0.454 e. The molecule has 0 aliphatic rings. The Hall–Kier alpha value is -6.52. The fraction of sp³-hybridized carbons (Fsp3) is 0. The van der Waals surface area contributed by atoms with Gasteiger partial charge in [-0.25, -0.2) is 0 Å². The molecule has 7 aromatic carbocycles. The van der Waals surface area contributed by atoms with E-state index in [1.165, 1.54) is 43.6 Å². The molecule has 0 aliphatic heterocycles. The topological polar surface area (TPSA) is 27.9 Å². The normalized spacial score (nSPS) is 12.2. The molecule has 0 radical (unpaired) electrons. The second-order valence-electron chi connectivity index (χ2n) is 12.6. The van der Waals surface area contributed by atoms with Gasteiger partial charge in [0.15, 0.2) is 5.58 Å². The molecule has 0 saturated carbocycles. The lowest BCUT2D eigenvalue weighted by molar-refractivity contribution is 0.672. The summed E-state index contributed by atoms with van der Waals surface area (Å²) in [7, 11) is 0. The van der Waals surface area contributed by atoms with E-state index in [0.29, 0.717) is 0 Å². The number of hydrogen-bond acceptors (Lipinski definition) is 1. The van der Waals surface area contributed by atoms with Gasteiger partial charge in [0, 0.05) is 55.4 Å². The summed E-state index contributed by atoms with van der Waals surface area (Å²) >= 11 is 0. The van der Waals surface area contributed by atoms with E-state index in [1.807, 2.05) is 0 Å². The molecule has 0 saturated heterocycles. The molecule has 0 spiro atoms. The first-order valence-corrected chi connectivity index (χ1v) is 16.4. The van der Waals surface area contributed by atoms with Crippen molar-refractivity contribution >= 4 is 76.6 Å². The number of aromatic nitrogens is 3. The molecule has 224 valence electrons. The van der Waals surface area contributed by atoms with Gasteiger partial charge in [-0.05, 0) is 66.7 Å². The number of nitrogens with zero attached hydrogens (tertiary/aromatic N) is 3. The Labute approximate surface area is 274 Å². The van der Waals surface area contributed by atoms with Crippen LogP contribution in [0.1, 0.15) is 0 Å². The van der Waals surface area contributed by atoms with Crippen molar-refractivity contribution in [1.29, 1.82) is 0 Å². The molecule has 0 atom stereocenters. The maximum Gasteiger partial charge on any atom is 0.161 e. The van der Waals surface area contributed by atoms with E-state index < -0.39 is 0 Å². The highest BCUT2D eigenvalue weighted by atomic mass is 16.3. The van der Waals surface area contributed by atoms with Crippen LogP contribution in [0.15, 0.2) is 168 Å². The lowest BCUT2D eigenvalue weighted by Crippen LogP contribution is -1.97. The van der Waals surface area contributed by atoms with Crippen molar-refractivity contribution < 1.29 is 4.42 Å². The predicted molar refractivity (Wildman–Crippen MR) is 199 cm³/mol. The van der Waals surface area contributed by atoms with Crippen molar-refractivity contribution in [2.24, 2.45) is 0 Å². The van der Waals surface area contributed by atoms with Crippen LogP contribution in [-0.4, -0.2) is 13.7 Å². The highest BCUT2D eigenvalue weighted by molar-refractivity contribution is 6.18. The molecular formula is C44H27N3O. The van der Waals surface area contributed by atoms with Gasteiger partial charge in [-0.2, -0.15) is 0 Å². The number of para-hydroxylation sites is 5. The standard InChI is InChI=1S/C44H27N3O/c1-2-12-28(13-3-1)47-41-26-29(45-37-18-8-4-14-31(37)32-15-5-9-19-38(32)45)22-24-35(41)44-43(47)36-25-23-30(27-42(36)48-44)46-39-20-10-6-16-33(39)34-17-7-11-21-40(34)46/h1-27H. The van der Waals surface area contributed by atoms with Crippen molar-refractivity contribution in [2.45, 2.75) is 0 Å². The number of benzene rings is 7. The molecule has 48 heavy (non-hydrogen) atoms. The van der Waals surface area contributed by atoms with E-state index in [-0.39, 0.29) is 0 Å². The molecule has 4 nitrogen and oxygen atoms in total. The number of rotatable bonds is 3. The smallest absolute Gasteiger partial charge is 0.161 e. The van der Waals surface area contributed by atoms with Crippen molar-refractivity contribution in [1.82, 2.24) is 13.7 Å². The minimum absolute atomic E-state index is 0.873. The van der Waals surface area contributed by atoms with Crippen LogP contribution in [0, 0.1) is 0 Å². The summed E-state index contributed by atoms with van der Waals surface area (Å²) in [6.45, 7) is 0. The molecule has 0 aliphatic carbocycles. The molecule has 4 aromatic heterocycles. The Morgan fingerprint density at radius 3 is 1.31 bits per heavy atom. The monoisotopic (exact) mass is 613 g/mol. The minimum Gasteiger partial charge on any atom is -0.454 e. The highest BCUT2D eigenvalue weighted by Gasteiger charge is 2.22. The summed E-state index contributed by atoms with van der Waals surface area (Å²) in [6.07, 6.45) is 0. The summed E-state index contributed by atoms with van der Waals surface area (Å²) in [6, 6.07) is 58.6. The fourth-order valence-corrected chi connectivity index (χ4v) is 8.02. The van der Waals surface area contributed by atoms with Crippen LogP contribution in [0.25, 0.3) is 93.6 Å². The lowest BCUT2D eigenvalue weighted by Gasteiger charge is -2.11. The van der Waals surface area contributed by atoms with Gasteiger partial charge in [-0.3, -0.25) is 0 Å². The maximum atomic E-state index is 6.86. The first-order valence-electron chi connectivity index (χ1n) is 16.4. The Kier molecular flexibility index (Phi) is 5.08. The summed E-state index contributed by atoms with van der Waals surface area (Å²) in [5, 5.41) is 7.19. The van der Waals surface area contributed by atoms with E-state index in [2.05, 4.69) is 177 Å². The Balaban J connectivity index is 1.19. The van der Waals surface area contributed by atoms with Crippen LogP contribution in [0.4, 0.5) is 0 Å². The third-order valence-corrected chi connectivity index (χ3v) is 10.0. The van der Waals surface area contributed by atoms with Crippen LogP contribution >= 0.6 is 0 Å². The molecule has 11 rings (SSSR count). The van der Waals surface area contributed by atoms with Crippen molar-refractivity contribution in [3.63, 3.8) is 0 Å². The van der Waals surface area contributed by atoms with Crippen LogP contribution in [0.5, 0.6) is 0 Å². The number of furan rings is 1. The molecule has 0 amide bonds. The summed E-state index contributed by atoms with van der Waals surface area (Å²) in [4.78, 5) is 0. The maximum absolute atomic E-state index is 6.86. The predicted octanol–water partition coefficient (Wildman–Crippen LogP) is 11.7. The van der Waals surface area contributed by atoms with Gasteiger partial charge in [-0.15, -0.1) is 0 Å². The summed E-state index contributed by atoms with van der Waals surface area (Å²) < 4.78 is 14.0. The second-order valence-corrected chi connectivity index (χ2v) is 12.6. The molecule has 4 heteroatoms.